The Hall–Kier alpha value is -0.330. The van der Waals surface area contributed by atoms with Gasteiger partial charge in [-0.25, -0.2) is 0 Å². The fraction of sp³-hybridized carbons (Fsp3) is 0.875. The van der Waals surface area contributed by atoms with Crippen LogP contribution in [0.5, 0.6) is 0 Å². The first-order valence-electron chi connectivity index (χ1n) is 3.75. The molecule has 50 valence electrons. The van der Waals surface area contributed by atoms with E-state index in [1.807, 2.05) is 0 Å². The van der Waals surface area contributed by atoms with E-state index in [1.165, 1.54) is 12.8 Å². The van der Waals surface area contributed by atoms with Gasteiger partial charge < -0.3 is 0 Å². The third-order valence-corrected chi connectivity index (χ3v) is 3.18. The van der Waals surface area contributed by atoms with Gasteiger partial charge in [-0.15, -0.1) is 0 Å². The van der Waals surface area contributed by atoms with Crippen LogP contribution in [0.15, 0.2) is 0 Å². The molecule has 1 heteroatoms. The highest BCUT2D eigenvalue weighted by atomic mass is 16.1. The van der Waals surface area contributed by atoms with Crippen molar-refractivity contribution in [3.05, 3.63) is 0 Å². The van der Waals surface area contributed by atoms with Crippen LogP contribution < -0.4 is 0 Å². The summed E-state index contributed by atoms with van der Waals surface area (Å²) in [7, 11) is 0. The maximum atomic E-state index is 11.0. The topological polar surface area (TPSA) is 17.1 Å². The van der Waals surface area contributed by atoms with Gasteiger partial charge in [0.2, 0.25) is 0 Å². The highest BCUT2D eigenvalue weighted by Crippen LogP contribution is 2.55. The Bertz CT molecular complexity index is 162. The molecule has 0 spiro atoms. The second-order valence-electron chi connectivity index (χ2n) is 3.71. The monoisotopic (exact) mass is 124 g/mol. The summed E-state index contributed by atoms with van der Waals surface area (Å²) in [6.07, 6.45) is 4.50. The molecule has 0 radical (unpaired) electrons. The largest absolute Gasteiger partial charge is 0.299 e. The van der Waals surface area contributed by atoms with Gasteiger partial charge in [-0.1, -0.05) is 6.92 Å². The lowest BCUT2D eigenvalue weighted by molar-refractivity contribution is -0.125. The molecule has 2 fully saturated rings. The van der Waals surface area contributed by atoms with Crippen molar-refractivity contribution in [2.45, 2.75) is 32.6 Å². The fourth-order valence-corrected chi connectivity index (χ4v) is 2.21. The van der Waals surface area contributed by atoms with Crippen LogP contribution in [0.2, 0.25) is 0 Å². The van der Waals surface area contributed by atoms with Crippen LogP contribution in [0.25, 0.3) is 0 Å². The van der Waals surface area contributed by atoms with Crippen molar-refractivity contribution in [1.82, 2.24) is 0 Å². The van der Waals surface area contributed by atoms with Crippen LogP contribution in [-0.4, -0.2) is 5.78 Å². The molecule has 9 heavy (non-hydrogen) atoms. The Morgan fingerprint density at radius 2 is 2.33 bits per heavy atom. The molecule has 2 atom stereocenters. The molecule has 0 aromatic heterocycles. The number of hydrogen-bond donors (Lipinski definition) is 0. The molecule has 2 unspecified atom stereocenters. The Morgan fingerprint density at radius 3 is 2.56 bits per heavy atom. The van der Waals surface area contributed by atoms with Gasteiger partial charge in [0.05, 0.1) is 0 Å². The van der Waals surface area contributed by atoms with E-state index in [4.69, 9.17) is 0 Å². The highest BCUT2D eigenvalue weighted by Gasteiger charge is 2.50. The van der Waals surface area contributed by atoms with Gasteiger partial charge >= 0.3 is 0 Å². The average Bonchev–Trinajstić information content (AvgIpc) is 1.93. The SMILES string of the molecule is CC12CCC(=O)C1CC2. The van der Waals surface area contributed by atoms with Crippen LogP contribution in [0.4, 0.5) is 0 Å². The van der Waals surface area contributed by atoms with Gasteiger partial charge in [-0.3, -0.25) is 4.79 Å². The predicted octanol–water partition coefficient (Wildman–Crippen LogP) is 1.77. The van der Waals surface area contributed by atoms with Gasteiger partial charge in [0, 0.05) is 12.3 Å². The minimum Gasteiger partial charge on any atom is -0.299 e. The minimum atomic E-state index is 0.455. The third-order valence-electron chi connectivity index (χ3n) is 3.18. The summed E-state index contributed by atoms with van der Waals surface area (Å²) in [4.78, 5) is 11.0. The third kappa shape index (κ3) is 0.525. The van der Waals surface area contributed by atoms with Gasteiger partial charge in [0.1, 0.15) is 5.78 Å². The maximum Gasteiger partial charge on any atom is 0.136 e. The second kappa shape index (κ2) is 1.39. The molecular weight excluding hydrogens is 112 g/mol. The van der Waals surface area contributed by atoms with Crippen molar-refractivity contribution in [2.24, 2.45) is 11.3 Å². The number of ketones is 1. The second-order valence-corrected chi connectivity index (χ2v) is 3.71. The van der Waals surface area contributed by atoms with E-state index < -0.39 is 0 Å². The molecule has 2 aliphatic rings. The van der Waals surface area contributed by atoms with Gasteiger partial charge in [-0.2, -0.15) is 0 Å². The van der Waals surface area contributed by atoms with Crippen LogP contribution in [0, 0.1) is 11.3 Å². The van der Waals surface area contributed by atoms with Gasteiger partial charge in [-0.05, 0) is 24.7 Å². The Morgan fingerprint density at radius 1 is 1.56 bits per heavy atom. The zero-order valence-electron chi connectivity index (χ0n) is 5.81. The van der Waals surface area contributed by atoms with E-state index >= 15 is 0 Å². The van der Waals surface area contributed by atoms with Crippen molar-refractivity contribution >= 4 is 5.78 Å². The first kappa shape index (κ1) is 5.45. The highest BCUT2D eigenvalue weighted by molar-refractivity contribution is 5.85. The normalized spacial score (nSPS) is 48.6. The molecule has 0 amide bonds. The Balaban J connectivity index is 2.24. The summed E-state index contributed by atoms with van der Waals surface area (Å²) in [6, 6.07) is 0. The van der Waals surface area contributed by atoms with Crippen molar-refractivity contribution in [2.75, 3.05) is 0 Å². The van der Waals surface area contributed by atoms with E-state index in [2.05, 4.69) is 6.92 Å². The first-order chi connectivity index (χ1) is 4.22. The molecule has 1 nitrogen and oxygen atoms in total. The molecule has 0 aromatic rings. The molecule has 0 aromatic carbocycles. The number of carbonyl (C=O) groups excluding carboxylic acids is 1. The molecule has 0 bridgehead atoms. The number of rotatable bonds is 0. The average molecular weight is 124 g/mol. The van der Waals surface area contributed by atoms with E-state index in [9.17, 15) is 4.79 Å². The Kier molecular flexibility index (Phi) is 0.842. The van der Waals surface area contributed by atoms with Crippen molar-refractivity contribution in [3.63, 3.8) is 0 Å². The number of Topliss-reactive ketones (excluding diaryl/α,β-unsaturated/α-hetero) is 1. The quantitative estimate of drug-likeness (QED) is 0.481. The lowest BCUT2D eigenvalue weighted by Crippen LogP contribution is -2.35. The standard InChI is InChI=1S/C8H12O/c1-8-4-2-6(8)7(9)3-5-8/h6H,2-5H2,1H3. The van der Waals surface area contributed by atoms with Crippen molar-refractivity contribution in [1.29, 1.82) is 0 Å². The molecular formula is C8H12O. The molecule has 2 aliphatic carbocycles. The van der Waals surface area contributed by atoms with E-state index in [0.717, 1.165) is 12.8 Å². The molecule has 0 saturated heterocycles. The van der Waals surface area contributed by atoms with E-state index in [0.29, 0.717) is 17.1 Å². The van der Waals surface area contributed by atoms with Crippen LogP contribution in [-0.2, 0) is 4.79 Å². The Labute approximate surface area is 55.4 Å². The maximum absolute atomic E-state index is 11.0. The molecule has 2 rings (SSSR count). The number of fused-ring (bicyclic) bond motifs is 1. The summed E-state index contributed by atoms with van der Waals surface area (Å²) in [5.74, 6) is 1.00. The summed E-state index contributed by atoms with van der Waals surface area (Å²) < 4.78 is 0. The zero-order valence-corrected chi connectivity index (χ0v) is 5.81. The molecule has 2 saturated carbocycles. The molecule has 0 aliphatic heterocycles. The smallest absolute Gasteiger partial charge is 0.136 e. The number of carbonyl (C=O) groups is 1. The zero-order chi connectivity index (χ0) is 6.48. The summed E-state index contributed by atoms with van der Waals surface area (Å²) in [5.41, 5.74) is 0.455. The summed E-state index contributed by atoms with van der Waals surface area (Å²) >= 11 is 0. The van der Waals surface area contributed by atoms with Crippen LogP contribution >= 0.6 is 0 Å². The van der Waals surface area contributed by atoms with Gasteiger partial charge in [0.25, 0.3) is 0 Å². The molecule has 0 heterocycles. The molecule has 0 N–H and O–H groups in total. The van der Waals surface area contributed by atoms with Crippen LogP contribution in [0.3, 0.4) is 0 Å². The summed E-state index contributed by atoms with van der Waals surface area (Å²) in [6.45, 7) is 2.26. The van der Waals surface area contributed by atoms with E-state index in [1.54, 1.807) is 0 Å². The first-order valence-corrected chi connectivity index (χ1v) is 3.75. The minimum absolute atomic E-state index is 0.455. The number of hydrogen-bond acceptors (Lipinski definition) is 1. The lowest BCUT2D eigenvalue weighted by atomic mass is 9.63. The van der Waals surface area contributed by atoms with Crippen molar-refractivity contribution in [3.8, 4) is 0 Å². The van der Waals surface area contributed by atoms with E-state index in [-0.39, 0.29) is 0 Å². The van der Waals surface area contributed by atoms with Gasteiger partial charge in [0.15, 0.2) is 0 Å². The van der Waals surface area contributed by atoms with Crippen molar-refractivity contribution < 1.29 is 4.79 Å². The summed E-state index contributed by atoms with van der Waals surface area (Å²) in [5, 5.41) is 0. The fourth-order valence-electron chi connectivity index (χ4n) is 2.21. The van der Waals surface area contributed by atoms with Crippen LogP contribution in [0.1, 0.15) is 32.6 Å². The predicted molar refractivity (Wildman–Crippen MR) is 35.1 cm³/mol. The lowest BCUT2D eigenvalue weighted by Gasteiger charge is -2.40.